The lowest BCUT2D eigenvalue weighted by atomic mass is 10.0. The number of hydrogen-bond acceptors (Lipinski definition) is 8. The van der Waals surface area contributed by atoms with Crippen LogP contribution in [0.2, 0.25) is 0 Å². The first-order valence-electron chi connectivity index (χ1n) is 13.1. The molecule has 1 aromatic carbocycles. The summed E-state index contributed by atoms with van der Waals surface area (Å²) < 4.78 is 0. The number of carboxylic acid groups (broad SMARTS) is 2. The van der Waals surface area contributed by atoms with Gasteiger partial charge in [0.1, 0.15) is 18.1 Å². The molecule has 0 radical (unpaired) electrons. The summed E-state index contributed by atoms with van der Waals surface area (Å²) in [7, 11) is 0. The quantitative estimate of drug-likeness (QED) is 0.0941. The number of carbonyl (C=O) groups is 5. The van der Waals surface area contributed by atoms with Crippen molar-refractivity contribution in [2.75, 3.05) is 13.1 Å². The smallest absolute Gasteiger partial charge is 0.326 e. The van der Waals surface area contributed by atoms with Crippen LogP contribution in [0.15, 0.2) is 30.3 Å². The van der Waals surface area contributed by atoms with Crippen LogP contribution >= 0.6 is 0 Å². The topological polar surface area (TPSA) is 240 Å². The average molecular weight is 551 g/mol. The maximum atomic E-state index is 13.2. The fraction of sp³-hybridized carbons (Fsp3) is 0.577. The monoisotopic (exact) mass is 550 g/mol. The summed E-state index contributed by atoms with van der Waals surface area (Å²) in [5.74, 6) is -4.52. The van der Waals surface area contributed by atoms with Gasteiger partial charge in [-0.15, -0.1) is 0 Å². The van der Waals surface area contributed by atoms with E-state index >= 15 is 0 Å². The van der Waals surface area contributed by atoms with Gasteiger partial charge in [-0.2, -0.15) is 0 Å². The predicted molar refractivity (Wildman–Crippen MR) is 144 cm³/mol. The Balaban J connectivity index is 2.98. The van der Waals surface area contributed by atoms with Gasteiger partial charge in [0, 0.05) is 6.42 Å². The first kappa shape index (κ1) is 33.5. The Bertz CT molecular complexity index is 931. The van der Waals surface area contributed by atoms with Gasteiger partial charge in [0.15, 0.2) is 0 Å². The molecule has 0 aliphatic heterocycles. The first-order valence-corrected chi connectivity index (χ1v) is 13.1. The van der Waals surface area contributed by atoms with Crippen LogP contribution in [0.5, 0.6) is 0 Å². The molecule has 0 aliphatic carbocycles. The molecule has 13 nitrogen and oxygen atoms in total. The number of amides is 3. The molecule has 4 unspecified atom stereocenters. The van der Waals surface area contributed by atoms with Gasteiger partial charge in [-0.1, -0.05) is 30.3 Å². The minimum atomic E-state index is -1.28. The second-order valence-corrected chi connectivity index (χ2v) is 9.32. The number of hydrogen-bond donors (Lipinski definition) is 8. The van der Waals surface area contributed by atoms with Crippen LogP contribution in [-0.4, -0.2) is 77.1 Å². The molecule has 0 saturated heterocycles. The van der Waals surface area contributed by atoms with Gasteiger partial charge in [-0.3, -0.25) is 19.2 Å². The molecule has 0 aromatic heterocycles. The highest BCUT2D eigenvalue weighted by Gasteiger charge is 2.30. The summed E-state index contributed by atoms with van der Waals surface area (Å²) in [5, 5.41) is 26.1. The van der Waals surface area contributed by atoms with E-state index in [0.29, 0.717) is 38.8 Å². The highest BCUT2D eigenvalue weighted by atomic mass is 16.4. The average Bonchev–Trinajstić information content (AvgIpc) is 2.90. The van der Waals surface area contributed by atoms with Crippen LogP contribution in [0.4, 0.5) is 0 Å². The van der Waals surface area contributed by atoms with Crippen molar-refractivity contribution in [2.24, 2.45) is 17.2 Å². The third kappa shape index (κ3) is 13.7. The molecule has 0 bridgehead atoms. The van der Waals surface area contributed by atoms with Gasteiger partial charge in [-0.25, -0.2) is 4.79 Å². The van der Waals surface area contributed by atoms with E-state index in [9.17, 15) is 29.1 Å². The number of aliphatic carboxylic acids is 2. The SMILES string of the molecule is NCCCCC(NC(=O)C(CCCCN)NC(=O)C(CCC(=O)O)NC(=O)C(N)Cc1ccccc1)C(=O)O. The van der Waals surface area contributed by atoms with Crippen molar-refractivity contribution in [1.29, 1.82) is 0 Å². The number of nitrogens with two attached hydrogens (primary N) is 3. The Labute approximate surface area is 228 Å². The molecule has 1 aromatic rings. The number of rotatable bonds is 20. The zero-order valence-electron chi connectivity index (χ0n) is 22.1. The van der Waals surface area contributed by atoms with E-state index in [1.807, 2.05) is 6.07 Å². The highest BCUT2D eigenvalue weighted by Crippen LogP contribution is 2.08. The van der Waals surface area contributed by atoms with Gasteiger partial charge >= 0.3 is 11.9 Å². The standard InChI is InChI=1S/C26H42N6O7/c27-14-6-4-10-19(24(36)32-21(26(38)39)11-5-7-15-28)31-25(37)20(12-13-22(33)34)30-23(35)18(29)16-17-8-2-1-3-9-17/h1-3,8-9,18-21H,4-7,10-16,27-29H2,(H,30,35)(H,31,37)(H,32,36)(H,33,34)(H,38,39). The summed E-state index contributed by atoms with van der Waals surface area (Å²) in [4.78, 5) is 61.7. The van der Waals surface area contributed by atoms with Gasteiger partial charge in [0.2, 0.25) is 17.7 Å². The fourth-order valence-electron chi connectivity index (χ4n) is 3.83. The molecule has 0 fully saturated rings. The van der Waals surface area contributed by atoms with Crippen molar-refractivity contribution in [1.82, 2.24) is 16.0 Å². The molecule has 0 saturated carbocycles. The molecule has 0 heterocycles. The van der Waals surface area contributed by atoms with Crippen LogP contribution in [0.3, 0.4) is 0 Å². The highest BCUT2D eigenvalue weighted by molar-refractivity contribution is 5.94. The maximum Gasteiger partial charge on any atom is 0.326 e. The molecule has 0 spiro atoms. The van der Waals surface area contributed by atoms with Gasteiger partial charge in [0.05, 0.1) is 6.04 Å². The molecule has 1 rings (SSSR count). The van der Waals surface area contributed by atoms with Crippen LogP contribution < -0.4 is 33.2 Å². The van der Waals surface area contributed by atoms with Gasteiger partial charge < -0.3 is 43.4 Å². The van der Waals surface area contributed by atoms with Crippen molar-refractivity contribution >= 4 is 29.7 Å². The van der Waals surface area contributed by atoms with Crippen LogP contribution in [0, 0.1) is 0 Å². The van der Waals surface area contributed by atoms with Crippen LogP contribution in [0.25, 0.3) is 0 Å². The van der Waals surface area contributed by atoms with Crippen LogP contribution in [0.1, 0.15) is 56.9 Å². The lowest BCUT2D eigenvalue weighted by molar-refractivity contribution is -0.142. The molecule has 11 N–H and O–H groups in total. The molecular weight excluding hydrogens is 508 g/mol. The minimum Gasteiger partial charge on any atom is -0.481 e. The van der Waals surface area contributed by atoms with E-state index in [1.165, 1.54) is 0 Å². The molecule has 0 aliphatic rings. The van der Waals surface area contributed by atoms with E-state index in [-0.39, 0.29) is 25.7 Å². The molecule has 39 heavy (non-hydrogen) atoms. The third-order valence-electron chi connectivity index (χ3n) is 6.06. The molecule has 3 amide bonds. The normalized spacial score (nSPS) is 13.9. The van der Waals surface area contributed by atoms with E-state index in [1.54, 1.807) is 24.3 Å². The zero-order valence-corrected chi connectivity index (χ0v) is 22.1. The van der Waals surface area contributed by atoms with Gasteiger partial charge in [0.25, 0.3) is 0 Å². The van der Waals surface area contributed by atoms with E-state index < -0.39 is 60.2 Å². The van der Waals surface area contributed by atoms with Crippen molar-refractivity contribution in [3.8, 4) is 0 Å². The number of benzene rings is 1. The lowest BCUT2D eigenvalue weighted by Crippen LogP contribution is -2.57. The lowest BCUT2D eigenvalue weighted by Gasteiger charge is -2.25. The van der Waals surface area contributed by atoms with Crippen LogP contribution in [-0.2, 0) is 30.4 Å². The summed E-state index contributed by atoms with van der Waals surface area (Å²) in [6, 6.07) is 4.44. The Hall–Kier alpha value is -3.55. The molecular formula is C26H42N6O7. The third-order valence-corrected chi connectivity index (χ3v) is 6.06. The number of carbonyl (C=O) groups excluding carboxylic acids is 3. The van der Waals surface area contributed by atoms with Crippen molar-refractivity contribution in [3.63, 3.8) is 0 Å². The van der Waals surface area contributed by atoms with Crippen molar-refractivity contribution in [3.05, 3.63) is 35.9 Å². The minimum absolute atomic E-state index is 0.164. The fourth-order valence-corrected chi connectivity index (χ4v) is 3.83. The Morgan fingerprint density at radius 2 is 1.18 bits per heavy atom. The molecule has 13 heteroatoms. The summed E-state index contributed by atoms with van der Waals surface area (Å²) in [6.07, 6.45) is 1.98. The number of carboxylic acids is 2. The first-order chi connectivity index (χ1) is 18.6. The predicted octanol–water partition coefficient (Wildman–Crippen LogP) is -0.782. The zero-order chi connectivity index (χ0) is 29.2. The maximum absolute atomic E-state index is 13.2. The summed E-state index contributed by atoms with van der Waals surface area (Å²) in [6.45, 7) is 0.742. The molecule has 4 atom stereocenters. The summed E-state index contributed by atoms with van der Waals surface area (Å²) >= 11 is 0. The van der Waals surface area contributed by atoms with E-state index in [4.69, 9.17) is 22.3 Å². The van der Waals surface area contributed by atoms with E-state index in [2.05, 4.69) is 16.0 Å². The largest absolute Gasteiger partial charge is 0.481 e. The van der Waals surface area contributed by atoms with Crippen molar-refractivity contribution in [2.45, 2.75) is 82.0 Å². The molecule has 218 valence electrons. The summed E-state index contributed by atoms with van der Waals surface area (Å²) in [5.41, 5.74) is 17.8. The van der Waals surface area contributed by atoms with Crippen molar-refractivity contribution < 1.29 is 34.2 Å². The Kier molecular flexibility index (Phi) is 16.0. The Morgan fingerprint density at radius 3 is 1.69 bits per heavy atom. The second-order valence-electron chi connectivity index (χ2n) is 9.32. The van der Waals surface area contributed by atoms with E-state index in [0.717, 1.165) is 5.56 Å². The number of nitrogens with one attached hydrogen (secondary N) is 3. The Morgan fingerprint density at radius 1 is 0.692 bits per heavy atom. The number of unbranched alkanes of at least 4 members (excludes halogenated alkanes) is 2. The van der Waals surface area contributed by atoms with Gasteiger partial charge in [-0.05, 0) is 70.0 Å². The second kappa shape index (κ2) is 18.7.